The van der Waals surface area contributed by atoms with Crippen molar-refractivity contribution in [1.82, 2.24) is 0 Å². The fourth-order valence-electron chi connectivity index (χ4n) is 2.13. The van der Waals surface area contributed by atoms with E-state index < -0.39 is 11.8 Å². The minimum absolute atomic E-state index is 0.0171. The van der Waals surface area contributed by atoms with Crippen LogP contribution in [0.15, 0.2) is 65.1 Å². The highest BCUT2D eigenvalue weighted by atomic mass is 16.4. The molecule has 3 aromatic rings. The van der Waals surface area contributed by atoms with E-state index in [2.05, 4.69) is 10.6 Å². The summed E-state index contributed by atoms with van der Waals surface area (Å²) in [6.07, 6.45) is 0. The molecule has 0 unspecified atom stereocenters. The van der Waals surface area contributed by atoms with E-state index >= 15 is 0 Å². The predicted octanol–water partition coefficient (Wildman–Crippen LogP) is 3.20. The molecule has 7 heteroatoms. The van der Waals surface area contributed by atoms with Gasteiger partial charge in [0.15, 0.2) is 11.5 Å². The lowest BCUT2D eigenvalue weighted by atomic mass is 10.3. The van der Waals surface area contributed by atoms with E-state index in [4.69, 9.17) is 4.42 Å². The molecule has 4 N–H and O–H groups in total. The normalized spacial score (nSPS) is 10.2. The van der Waals surface area contributed by atoms with Crippen molar-refractivity contribution in [3.63, 3.8) is 0 Å². The first-order valence-electron chi connectivity index (χ1n) is 7.32. The Hall–Kier alpha value is -3.74. The van der Waals surface area contributed by atoms with Crippen molar-refractivity contribution in [3.8, 4) is 11.5 Å². The van der Waals surface area contributed by atoms with Crippen molar-refractivity contribution in [2.75, 3.05) is 10.6 Å². The number of nitrogens with one attached hydrogen (secondary N) is 2. The maximum Gasteiger partial charge on any atom is 0.291 e. The van der Waals surface area contributed by atoms with E-state index in [0.29, 0.717) is 11.4 Å². The minimum atomic E-state index is -0.554. The zero-order valence-electron chi connectivity index (χ0n) is 12.9. The quantitative estimate of drug-likeness (QED) is 0.584. The van der Waals surface area contributed by atoms with Crippen LogP contribution in [0, 0.1) is 0 Å². The zero-order chi connectivity index (χ0) is 17.8. The van der Waals surface area contributed by atoms with E-state index in [9.17, 15) is 19.8 Å². The fraction of sp³-hybridized carbons (Fsp3) is 0. The van der Waals surface area contributed by atoms with Crippen molar-refractivity contribution in [2.45, 2.75) is 0 Å². The van der Waals surface area contributed by atoms with E-state index in [1.54, 1.807) is 24.3 Å². The number of phenolic OH excluding ortho intramolecular Hbond substituents is 2. The lowest BCUT2D eigenvalue weighted by Gasteiger charge is -2.04. The van der Waals surface area contributed by atoms with Crippen LogP contribution in [0.25, 0.3) is 0 Å². The summed E-state index contributed by atoms with van der Waals surface area (Å²) in [6, 6.07) is 14.9. The van der Waals surface area contributed by atoms with Gasteiger partial charge in [-0.1, -0.05) is 12.1 Å². The molecule has 0 aliphatic carbocycles. The van der Waals surface area contributed by atoms with Crippen molar-refractivity contribution >= 4 is 23.2 Å². The molecule has 126 valence electrons. The molecule has 1 heterocycles. The Morgan fingerprint density at radius 3 is 1.56 bits per heavy atom. The summed E-state index contributed by atoms with van der Waals surface area (Å²) in [4.78, 5) is 24.2. The molecule has 0 fully saturated rings. The molecule has 2 amide bonds. The minimum Gasteiger partial charge on any atom is -0.508 e. The molecule has 0 radical (unpaired) electrons. The lowest BCUT2D eigenvalue weighted by Crippen LogP contribution is -2.12. The topological polar surface area (TPSA) is 112 Å². The van der Waals surface area contributed by atoms with Crippen LogP contribution in [0.5, 0.6) is 11.5 Å². The van der Waals surface area contributed by atoms with Gasteiger partial charge in [-0.2, -0.15) is 0 Å². The monoisotopic (exact) mass is 338 g/mol. The second-order valence-electron chi connectivity index (χ2n) is 5.17. The third-order valence-corrected chi connectivity index (χ3v) is 3.26. The Balaban J connectivity index is 1.69. The molecule has 0 aliphatic rings. The van der Waals surface area contributed by atoms with Crippen molar-refractivity contribution < 1.29 is 24.2 Å². The number of amides is 2. The molecule has 0 spiro atoms. The summed E-state index contributed by atoms with van der Waals surface area (Å²) in [7, 11) is 0. The van der Waals surface area contributed by atoms with Gasteiger partial charge in [0.1, 0.15) is 11.5 Å². The van der Waals surface area contributed by atoms with Crippen LogP contribution >= 0.6 is 0 Å². The first-order chi connectivity index (χ1) is 12.0. The summed E-state index contributed by atoms with van der Waals surface area (Å²) in [5.41, 5.74) is 0.791. The molecule has 1 aromatic heterocycles. The SMILES string of the molecule is O=C(Nc1cccc(O)c1)c1ccc(C(=O)Nc2cccc(O)c2)o1. The van der Waals surface area contributed by atoms with Crippen molar-refractivity contribution in [2.24, 2.45) is 0 Å². The second-order valence-corrected chi connectivity index (χ2v) is 5.17. The van der Waals surface area contributed by atoms with E-state index in [1.807, 2.05) is 0 Å². The largest absolute Gasteiger partial charge is 0.508 e. The highest BCUT2D eigenvalue weighted by molar-refractivity contribution is 6.05. The van der Waals surface area contributed by atoms with Gasteiger partial charge in [0.25, 0.3) is 11.8 Å². The Bertz CT molecular complexity index is 858. The van der Waals surface area contributed by atoms with E-state index in [-0.39, 0.29) is 23.0 Å². The Morgan fingerprint density at radius 2 is 1.16 bits per heavy atom. The summed E-state index contributed by atoms with van der Waals surface area (Å²) in [5.74, 6) is -1.18. The van der Waals surface area contributed by atoms with Gasteiger partial charge in [0.2, 0.25) is 0 Å². The summed E-state index contributed by atoms with van der Waals surface area (Å²) in [5, 5.41) is 23.9. The van der Waals surface area contributed by atoms with Crippen molar-refractivity contribution in [3.05, 3.63) is 72.2 Å². The molecule has 25 heavy (non-hydrogen) atoms. The second kappa shape index (κ2) is 6.79. The smallest absolute Gasteiger partial charge is 0.291 e. The highest BCUT2D eigenvalue weighted by Gasteiger charge is 2.16. The van der Waals surface area contributed by atoms with Gasteiger partial charge in [0, 0.05) is 23.5 Å². The number of carbonyl (C=O) groups excluding carboxylic acids is 2. The number of furan rings is 1. The van der Waals surface area contributed by atoms with Crippen LogP contribution in [-0.2, 0) is 0 Å². The average molecular weight is 338 g/mol. The molecule has 0 atom stereocenters. The fourth-order valence-corrected chi connectivity index (χ4v) is 2.13. The average Bonchev–Trinajstić information content (AvgIpc) is 3.05. The number of carbonyl (C=O) groups is 2. The lowest BCUT2D eigenvalue weighted by molar-refractivity contribution is 0.0974. The molecule has 0 saturated carbocycles. The first-order valence-corrected chi connectivity index (χ1v) is 7.32. The van der Waals surface area contributed by atoms with Gasteiger partial charge in [-0.15, -0.1) is 0 Å². The molecule has 0 bridgehead atoms. The molecule has 3 rings (SSSR count). The maximum absolute atomic E-state index is 12.1. The molecule has 7 nitrogen and oxygen atoms in total. The number of anilines is 2. The zero-order valence-corrected chi connectivity index (χ0v) is 12.9. The first kappa shape index (κ1) is 16.1. The van der Waals surface area contributed by atoms with Gasteiger partial charge in [-0.05, 0) is 36.4 Å². The number of benzene rings is 2. The third-order valence-electron chi connectivity index (χ3n) is 3.26. The summed E-state index contributed by atoms with van der Waals surface area (Å²) in [6.45, 7) is 0. The van der Waals surface area contributed by atoms with Crippen LogP contribution in [0.3, 0.4) is 0 Å². The molecule has 2 aromatic carbocycles. The number of hydrogen-bond acceptors (Lipinski definition) is 5. The number of rotatable bonds is 4. The molecular weight excluding hydrogens is 324 g/mol. The Kier molecular flexibility index (Phi) is 4.38. The molecule has 0 saturated heterocycles. The molecular formula is C18H14N2O5. The number of aromatic hydroxyl groups is 2. The number of hydrogen-bond donors (Lipinski definition) is 4. The summed E-state index contributed by atoms with van der Waals surface area (Å²) >= 11 is 0. The predicted molar refractivity (Wildman–Crippen MR) is 90.8 cm³/mol. The van der Waals surface area contributed by atoms with Gasteiger partial charge in [0.05, 0.1) is 0 Å². The Morgan fingerprint density at radius 1 is 0.720 bits per heavy atom. The Labute approximate surface area is 142 Å². The van der Waals surface area contributed by atoms with Crippen LogP contribution in [0.2, 0.25) is 0 Å². The molecule has 0 aliphatic heterocycles. The van der Waals surface area contributed by atoms with Gasteiger partial charge in [-0.25, -0.2) is 0 Å². The van der Waals surface area contributed by atoms with Gasteiger partial charge >= 0.3 is 0 Å². The van der Waals surface area contributed by atoms with Gasteiger partial charge in [-0.3, -0.25) is 9.59 Å². The van der Waals surface area contributed by atoms with E-state index in [0.717, 1.165) is 0 Å². The van der Waals surface area contributed by atoms with Gasteiger partial charge < -0.3 is 25.3 Å². The third kappa shape index (κ3) is 3.97. The van der Waals surface area contributed by atoms with Crippen LogP contribution < -0.4 is 10.6 Å². The standard InChI is InChI=1S/C18H14N2O5/c21-13-5-1-3-11(9-13)19-17(23)15-7-8-16(25-15)18(24)20-12-4-2-6-14(22)10-12/h1-10,21-22H,(H,19,23)(H,20,24). The van der Waals surface area contributed by atoms with E-state index in [1.165, 1.54) is 36.4 Å². The highest BCUT2D eigenvalue weighted by Crippen LogP contribution is 2.19. The van der Waals surface area contributed by atoms with Crippen molar-refractivity contribution in [1.29, 1.82) is 0 Å². The number of phenols is 2. The van der Waals surface area contributed by atoms with Crippen LogP contribution in [0.1, 0.15) is 21.1 Å². The van der Waals surface area contributed by atoms with Crippen LogP contribution in [0.4, 0.5) is 11.4 Å². The van der Waals surface area contributed by atoms with Crippen LogP contribution in [-0.4, -0.2) is 22.0 Å². The summed E-state index contributed by atoms with van der Waals surface area (Å²) < 4.78 is 5.26. The maximum atomic E-state index is 12.1.